The van der Waals surface area contributed by atoms with Gasteiger partial charge < -0.3 is 0 Å². The second kappa shape index (κ2) is 8.62. The SMILES string of the molecule is [O-][Cl+3]([O-])([O-])[O-].c1ccc(-c2cc(-c3ccccc3)c3c([s+]2)-c2ccccc2C3)cc1. The third-order valence-corrected chi connectivity index (χ3v) is 6.10. The van der Waals surface area contributed by atoms with E-state index in [0.717, 1.165) is 6.42 Å². The van der Waals surface area contributed by atoms with Crippen LogP contribution in [0.3, 0.4) is 0 Å². The molecule has 0 saturated carbocycles. The van der Waals surface area contributed by atoms with Gasteiger partial charge in [0.05, 0.1) is 0 Å². The number of halogens is 1. The Hall–Kier alpha value is -2.64. The van der Waals surface area contributed by atoms with Gasteiger partial charge in [0.1, 0.15) is 0 Å². The first-order valence-electron chi connectivity index (χ1n) is 9.21. The van der Waals surface area contributed by atoms with E-state index < -0.39 is 10.2 Å². The number of hydrogen-bond acceptors (Lipinski definition) is 4. The number of rotatable bonds is 2. The zero-order valence-corrected chi connectivity index (χ0v) is 17.4. The standard InChI is InChI=1S/C24H17S.ClHO4/c1-3-9-17(10-4-1)21-16-23(18-11-5-2-6-12-18)25-24-20-14-8-7-13-19(20)15-22(21)24;2-1(3,4)5/h1-14,16H,15H2;(H,2,3,4,5)/q+1;/p-1. The normalized spacial score (nSPS) is 11.9. The topological polar surface area (TPSA) is 92.2 Å². The lowest BCUT2D eigenvalue weighted by Crippen LogP contribution is -2.68. The highest BCUT2D eigenvalue weighted by Gasteiger charge is 2.31. The lowest BCUT2D eigenvalue weighted by molar-refractivity contribution is -2.00. The molecule has 0 radical (unpaired) electrons. The first kappa shape index (κ1) is 20.6. The monoisotopic (exact) mass is 436 g/mol. The zero-order chi connectivity index (χ0) is 21.1. The van der Waals surface area contributed by atoms with E-state index in [1.165, 1.54) is 43.1 Å². The largest absolute Gasteiger partial charge is 0.243 e. The van der Waals surface area contributed by atoms with Crippen LogP contribution in [-0.2, 0) is 6.42 Å². The fourth-order valence-electron chi connectivity index (χ4n) is 3.64. The Labute approximate surface area is 180 Å². The average Bonchev–Trinajstić information content (AvgIpc) is 3.12. The Morgan fingerprint density at radius 3 is 1.80 bits per heavy atom. The summed E-state index contributed by atoms with van der Waals surface area (Å²) >= 11 is 1.92. The second-order valence-electron chi connectivity index (χ2n) is 6.78. The molecular formula is C24H17ClO4S. The van der Waals surface area contributed by atoms with E-state index in [4.69, 9.17) is 18.6 Å². The summed E-state index contributed by atoms with van der Waals surface area (Å²) in [6, 6.07) is 32.7. The molecule has 5 rings (SSSR count). The van der Waals surface area contributed by atoms with Crippen LogP contribution < -0.4 is 18.6 Å². The minimum Gasteiger partial charge on any atom is -0.222 e. The van der Waals surface area contributed by atoms with Gasteiger partial charge >= 0.3 is 0 Å². The van der Waals surface area contributed by atoms with E-state index in [9.17, 15) is 0 Å². The van der Waals surface area contributed by atoms with E-state index in [0.29, 0.717) is 0 Å². The first-order valence-corrected chi connectivity index (χ1v) is 11.3. The Morgan fingerprint density at radius 2 is 1.17 bits per heavy atom. The van der Waals surface area contributed by atoms with Crippen molar-refractivity contribution in [2.24, 2.45) is 0 Å². The summed E-state index contributed by atoms with van der Waals surface area (Å²) in [6.45, 7) is 0. The molecular weight excluding hydrogens is 420 g/mol. The van der Waals surface area contributed by atoms with Crippen molar-refractivity contribution < 1.29 is 28.9 Å². The van der Waals surface area contributed by atoms with Crippen molar-refractivity contribution in [2.45, 2.75) is 6.42 Å². The van der Waals surface area contributed by atoms with Crippen molar-refractivity contribution in [3.8, 4) is 32.0 Å². The lowest BCUT2D eigenvalue weighted by atomic mass is 9.99. The predicted octanol–water partition coefficient (Wildman–Crippen LogP) is 2.18. The highest BCUT2D eigenvalue weighted by atomic mass is 35.7. The third-order valence-electron chi connectivity index (χ3n) is 4.86. The number of benzene rings is 3. The smallest absolute Gasteiger partial charge is 0.222 e. The van der Waals surface area contributed by atoms with Crippen molar-refractivity contribution >= 4 is 11.3 Å². The van der Waals surface area contributed by atoms with Gasteiger partial charge in [-0.15, -0.1) is 10.2 Å². The molecule has 0 N–H and O–H groups in total. The zero-order valence-electron chi connectivity index (χ0n) is 15.8. The summed E-state index contributed by atoms with van der Waals surface area (Å²) in [6.07, 6.45) is 1.03. The fourth-order valence-corrected chi connectivity index (χ4v) is 4.91. The molecule has 0 aliphatic heterocycles. The number of hydrogen-bond donors (Lipinski definition) is 0. The van der Waals surface area contributed by atoms with Gasteiger partial charge in [0.2, 0.25) is 21.1 Å². The van der Waals surface area contributed by atoms with Gasteiger partial charge in [0, 0.05) is 29.2 Å². The average molecular weight is 437 g/mol. The number of fused-ring (bicyclic) bond motifs is 3. The molecule has 3 aromatic carbocycles. The van der Waals surface area contributed by atoms with Crippen LogP contribution in [0.25, 0.3) is 32.0 Å². The minimum atomic E-state index is -4.94. The summed E-state index contributed by atoms with van der Waals surface area (Å²) in [5.41, 5.74) is 8.27. The van der Waals surface area contributed by atoms with E-state index >= 15 is 0 Å². The highest BCUT2D eigenvalue weighted by molar-refractivity contribution is 7.18. The van der Waals surface area contributed by atoms with Gasteiger partial charge in [-0.05, 0) is 34.9 Å². The highest BCUT2D eigenvalue weighted by Crippen LogP contribution is 2.47. The maximum atomic E-state index is 8.49. The molecule has 0 saturated heterocycles. The summed E-state index contributed by atoms with van der Waals surface area (Å²) in [5.74, 6) is 0. The quantitative estimate of drug-likeness (QED) is 0.396. The van der Waals surface area contributed by atoms with Crippen LogP contribution in [0.5, 0.6) is 0 Å². The maximum absolute atomic E-state index is 8.49. The maximum Gasteiger partial charge on any atom is 0.243 e. The molecule has 30 heavy (non-hydrogen) atoms. The van der Waals surface area contributed by atoms with Gasteiger partial charge in [-0.25, -0.2) is 18.6 Å². The van der Waals surface area contributed by atoms with Gasteiger partial charge in [-0.1, -0.05) is 66.7 Å². The molecule has 0 amide bonds. The predicted molar refractivity (Wildman–Crippen MR) is 108 cm³/mol. The first-order chi connectivity index (χ1) is 14.4. The van der Waals surface area contributed by atoms with Crippen LogP contribution in [0.2, 0.25) is 0 Å². The molecule has 150 valence electrons. The van der Waals surface area contributed by atoms with E-state index in [-0.39, 0.29) is 0 Å². The molecule has 0 unspecified atom stereocenters. The van der Waals surface area contributed by atoms with Gasteiger partial charge in [-0.3, -0.25) is 0 Å². The van der Waals surface area contributed by atoms with Gasteiger partial charge in [0.15, 0.2) is 0 Å². The van der Waals surface area contributed by atoms with Gasteiger partial charge in [0.25, 0.3) is 0 Å². The fraction of sp³-hybridized carbons (Fsp3) is 0.0417. The Morgan fingerprint density at radius 1 is 0.633 bits per heavy atom. The molecule has 6 heteroatoms. The molecule has 4 nitrogen and oxygen atoms in total. The van der Waals surface area contributed by atoms with E-state index in [1.54, 1.807) is 0 Å². The van der Waals surface area contributed by atoms with Crippen molar-refractivity contribution in [3.05, 3.63) is 102 Å². The molecule has 0 spiro atoms. The molecule has 4 aromatic rings. The second-order valence-corrected chi connectivity index (χ2v) is 8.58. The molecule has 0 atom stereocenters. The van der Waals surface area contributed by atoms with E-state index in [1.807, 2.05) is 11.3 Å². The molecule has 1 aliphatic carbocycles. The van der Waals surface area contributed by atoms with Crippen molar-refractivity contribution in [1.82, 2.24) is 0 Å². The van der Waals surface area contributed by atoms with Crippen molar-refractivity contribution in [2.75, 3.05) is 0 Å². The van der Waals surface area contributed by atoms with Crippen molar-refractivity contribution in [1.29, 1.82) is 0 Å². The molecule has 0 fully saturated rings. The van der Waals surface area contributed by atoms with Crippen LogP contribution in [-0.4, -0.2) is 0 Å². The van der Waals surface area contributed by atoms with E-state index in [2.05, 4.69) is 91.0 Å². The summed E-state index contributed by atoms with van der Waals surface area (Å²) in [7, 11) is -4.94. The Bertz CT molecular complexity index is 1150. The van der Waals surface area contributed by atoms with Gasteiger partial charge in [-0.2, -0.15) is 0 Å². The summed E-state index contributed by atoms with van der Waals surface area (Å²) < 4.78 is 34.0. The minimum absolute atomic E-state index is 1.03. The van der Waals surface area contributed by atoms with Crippen LogP contribution in [0, 0.1) is 10.2 Å². The van der Waals surface area contributed by atoms with Crippen LogP contribution >= 0.6 is 11.3 Å². The summed E-state index contributed by atoms with van der Waals surface area (Å²) in [5, 5.41) is 0. The van der Waals surface area contributed by atoms with Crippen LogP contribution in [0.1, 0.15) is 11.1 Å². The molecule has 1 aliphatic rings. The Balaban J connectivity index is 0.000000393. The lowest BCUT2D eigenvalue weighted by Gasteiger charge is -2.17. The molecule has 1 heterocycles. The third kappa shape index (κ3) is 4.74. The molecule has 0 bridgehead atoms. The summed E-state index contributed by atoms with van der Waals surface area (Å²) in [4.78, 5) is 2.76. The molecule has 1 aromatic heterocycles. The van der Waals surface area contributed by atoms with Crippen molar-refractivity contribution in [3.63, 3.8) is 0 Å². The van der Waals surface area contributed by atoms with Crippen LogP contribution in [0.4, 0.5) is 0 Å². The Kier molecular flexibility index (Phi) is 5.92. The van der Waals surface area contributed by atoms with Crippen LogP contribution in [0.15, 0.2) is 91.0 Å².